The van der Waals surface area contributed by atoms with Crippen LogP contribution in [0.15, 0.2) is 23.1 Å². The summed E-state index contributed by atoms with van der Waals surface area (Å²) in [6, 6.07) is 4.45. The number of nitrogens with one attached hydrogen (secondary N) is 1. The van der Waals surface area contributed by atoms with Crippen LogP contribution in [-0.4, -0.2) is 24.0 Å². The fraction of sp³-hybridized carbons (Fsp3) is 0.619. The summed E-state index contributed by atoms with van der Waals surface area (Å²) in [6.45, 7) is 2.20. The van der Waals surface area contributed by atoms with Gasteiger partial charge in [-0.05, 0) is 80.8 Å². The molecule has 4 bridgehead atoms. The Morgan fingerprint density at radius 3 is 2.31 bits per heavy atom. The lowest BCUT2D eigenvalue weighted by atomic mass is 9.49. The van der Waals surface area contributed by atoms with Gasteiger partial charge in [0.25, 0.3) is 0 Å². The second kappa shape index (κ2) is 6.99. The molecule has 140 valence electrons. The smallest absolute Gasteiger partial charge is 0.230 e. The second-order valence-corrected chi connectivity index (χ2v) is 9.70. The van der Waals surface area contributed by atoms with Gasteiger partial charge in [0.2, 0.25) is 5.91 Å². The van der Waals surface area contributed by atoms with Gasteiger partial charge in [-0.15, -0.1) is 11.8 Å². The third-order valence-corrected chi connectivity index (χ3v) is 7.57. The van der Waals surface area contributed by atoms with E-state index in [-0.39, 0.29) is 17.4 Å². The predicted octanol–water partition coefficient (Wildman–Crippen LogP) is 4.45. The molecule has 0 aromatic heterocycles. The van der Waals surface area contributed by atoms with Crippen molar-refractivity contribution >= 4 is 23.5 Å². The first-order chi connectivity index (χ1) is 12.4. The number of ketones is 1. The summed E-state index contributed by atoms with van der Waals surface area (Å²) in [4.78, 5) is 24.0. The van der Waals surface area contributed by atoms with Crippen molar-refractivity contribution in [2.24, 2.45) is 23.2 Å². The Morgan fingerprint density at radius 1 is 1.15 bits per heavy atom. The fourth-order valence-electron chi connectivity index (χ4n) is 5.82. The molecule has 0 radical (unpaired) electrons. The summed E-state index contributed by atoms with van der Waals surface area (Å²) in [5, 5.41) is 3.12. The largest absolute Gasteiger partial charge is 0.355 e. The van der Waals surface area contributed by atoms with E-state index in [4.69, 9.17) is 0 Å². The summed E-state index contributed by atoms with van der Waals surface area (Å²) in [7, 11) is 0. The van der Waals surface area contributed by atoms with E-state index in [9.17, 15) is 14.0 Å². The van der Waals surface area contributed by atoms with Gasteiger partial charge in [0, 0.05) is 17.0 Å². The summed E-state index contributed by atoms with van der Waals surface area (Å²) in [6.07, 6.45) is 8.02. The first-order valence-corrected chi connectivity index (χ1v) is 10.6. The predicted molar refractivity (Wildman–Crippen MR) is 101 cm³/mol. The van der Waals surface area contributed by atoms with E-state index in [2.05, 4.69) is 5.32 Å². The molecule has 5 heteroatoms. The topological polar surface area (TPSA) is 46.2 Å². The van der Waals surface area contributed by atoms with Gasteiger partial charge in [-0.25, -0.2) is 4.39 Å². The Labute approximate surface area is 158 Å². The lowest BCUT2D eigenvalue weighted by molar-refractivity contribution is -0.120. The molecule has 4 saturated carbocycles. The molecular formula is C21H26FNO2S. The van der Waals surface area contributed by atoms with E-state index >= 15 is 0 Å². The van der Waals surface area contributed by atoms with Crippen molar-refractivity contribution in [3.8, 4) is 0 Å². The zero-order valence-corrected chi connectivity index (χ0v) is 16.0. The summed E-state index contributed by atoms with van der Waals surface area (Å²) in [5.41, 5.74) is 0.682. The van der Waals surface area contributed by atoms with Gasteiger partial charge in [0.1, 0.15) is 5.82 Å². The average molecular weight is 376 g/mol. The zero-order valence-electron chi connectivity index (χ0n) is 15.2. The zero-order chi connectivity index (χ0) is 18.3. The van der Waals surface area contributed by atoms with Gasteiger partial charge >= 0.3 is 0 Å². The van der Waals surface area contributed by atoms with Crippen LogP contribution in [0.4, 0.5) is 4.39 Å². The van der Waals surface area contributed by atoms with Gasteiger partial charge in [-0.2, -0.15) is 0 Å². The average Bonchev–Trinajstić information content (AvgIpc) is 2.57. The normalized spacial score (nSPS) is 31.8. The minimum absolute atomic E-state index is 0.0270. The molecular weight excluding hydrogens is 349 g/mol. The van der Waals surface area contributed by atoms with Crippen molar-refractivity contribution in [1.29, 1.82) is 0 Å². The molecule has 0 saturated heterocycles. The first kappa shape index (κ1) is 18.0. The molecule has 4 fully saturated rings. The molecule has 1 aromatic rings. The first-order valence-electron chi connectivity index (χ1n) is 9.62. The van der Waals surface area contributed by atoms with Crippen molar-refractivity contribution < 1.29 is 14.0 Å². The van der Waals surface area contributed by atoms with E-state index in [1.807, 2.05) is 0 Å². The molecule has 0 atom stereocenters. The van der Waals surface area contributed by atoms with Gasteiger partial charge in [0.15, 0.2) is 5.78 Å². The molecule has 0 heterocycles. The van der Waals surface area contributed by atoms with Gasteiger partial charge in [0.05, 0.1) is 5.75 Å². The Bertz CT molecular complexity index is 697. The third-order valence-electron chi connectivity index (χ3n) is 6.52. The maximum atomic E-state index is 14.0. The molecule has 0 unspecified atom stereocenters. The lowest BCUT2D eigenvalue weighted by Crippen LogP contribution is -2.51. The highest BCUT2D eigenvalue weighted by atomic mass is 32.2. The van der Waals surface area contributed by atoms with E-state index in [1.54, 1.807) is 12.1 Å². The standard InChI is InChI=1S/C21H26FNO2S/c1-13(24)17-2-3-19(18(22)7-17)26-11-20(25)23-12-21-8-14-4-15(9-21)6-16(5-14)10-21/h2-3,7,14-16H,4-6,8-12H2,1H3,(H,23,25). The Kier molecular flexibility index (Phi) is 4.84. The van der Waals surface area contributed by atoms with Crippen LogP contribution in [-0.2, 0) is 4.79 Å². The number of thioether (sulfide) groups is 1. The molecule has 0 spiro atoms. The highest BCUT2D eigenvalue weighted by Crippen LogP contribution is 2.59. The van der Waals surface area contributed by atoms with Crippen molar-refractivity contribution in [2.45, 2.75) is 50.3 Å². The second-order valence-electron chi connectivity index (χ2n) is 8.68. The molecule has 0 aliphatic heterocycles. The lowest BCUT2D eigenvalue weighted by Gasteiger charge is -2.56. The SMILES string of the molecule is CC(=O)c1ccc(SCC(=O)NCC23CC4CC(CC(C4)C2)C3)c(F)c1. The van der Waals surface area contributed by atoms with Crippen molar-refractivity contribution in [2.75, 3.05) is 12.3 Å². The van der Waals surface area contributed by atoms with E-state index in [0.717, 1.165) is 24.3 Å². The summed E-state index contributed by atoms with van der Waals surface area (Å²) >= 11 is 1.19. The minimum Gasteiger partial charge on any atom is -0.355 e. The number of carbonyl (C=O) groups is 2. The summed E-state index contributed by atoms with van der Waals surface area (Å²) < 4.78 is 14.0. The number of hydrogen-bond acceptors (Lipinski definition) is 3. The van der Waals surface area contributed by atoms with Crippen molar-refractivity contribution in [1.82, 2.24) is 5.32 Å². The molecule has 1 amide bonds. The highest BCUT2D eigenvalue weighted by molar-refractivity contribution is 8.00. The van der Waals surface area contributed by atoms with E-state index in [1.165, 1.54) is 63.3 Å². The highest BCUT2D eigenvalue weighted by Gasteiger charge is 2.50. The molecule has 3 nitrogen and oxygen atoms in total. The molecule has 26 heavy (non-hydrogen) atoms. The number of rotatable bonds is 6. The van der Waals surface area contributed by atoms with Crippen LogP contribution < -0.4 is 5.32 Å². The molecule has 1 aromatic carbocycles. The van der Waals surface area contributed by atoms with Crippen LogP contribution in [0, 0.1) is 29.0 Å². The quantitative estimate of drug-likeness (QED) is 0.590. The molecule has 1 N–H and O–H groups in total. The number of Topliss-reactive ketones (excluding diaryl/α,β-unsaturated/α-hetero) is 1. The number of benzene rings is 1. The van der Waals surface area contributed by atoms with Crippen molar-refractivity contribution in [3.05, 3.63) is 29.6 Å². The van der Waals surface area contributed by atoms with Crippen LogP contribution in [0.3, 0.4) is 0 Å². The fourth-order valence-corrected chi connectivity index (χ4v) is 6.57. The number of amides is 1. The van der Waals surface area contributed by atoms with Crippen LogP contribution >= 0.6 is 11.8 Å². The third kappa shape index (κ3) is 3.68. The Hall–Kier alpha value is -1.36. The van der Waals surface area contributed by atoms with E-state index < -0.39 is 5.82 Å². The monoisotopic (exact) mass is 375 g/mol. The van der Waals surface area contributed by atoms with Crippen LogP contribution in [0.1, 0.15) is 55.8 Å². The maximum Gasteiger partial charge on any atom is 0.230 e. The molecule has 5 rings (SSSR count). The van der Waals surface area contributed by atoms with Crippen LogP contribution in [0.2, 0.25) is 0 Å². The maximum absolute atomic E-state index is 14.0. The Balaban J connectivity index is 1.29. The number of hydrogen-bond donors (Lipinski definition) is 1. The summed E-state index contributed by atoms with van der Waals surface area (Å²) in [5.74, 6) is 2.22. The van der Waals surface area contributed by atoms with Crippen LogP contribution in [0.25, 0.3) is 0 Å². The minimum atomic E-state index is -0.434. The van der Waals surface area contributed by atoms with Gasteiger partial charge < -0.3 is 5.32 Å². The molecule has 4 aliphatic carbocycles. The van der Waals surface area contributed by atoms with Crippen LogP contribution in [0.5, 0.6) is 0 Å². The van der Waals surface area contributed by atoms with Gasteiger partial charge in [-0.1, -0.05) is 6.07 Å². The van der Waals surface area contributed by atoms with Gasteiger partial charge in [-0.3, -0.25) is 9.59 Å². The molecule has 4 aliphatic rings. The number of halogens is 1. The van der Waals surface area contributed by atoms with E-state index in [0.29, 0.717) is 15.9 Å². The number of carbonyl (C=O) groups excluding carboxylic acids is 2. The van der Waals surface area contributed by atoms with Crippen molar-refractivity contribution in [3.63, 3.8) is 0 Å². The Morgan fingerprint density at radius 2 is 1.77 bits per heavy atom.